The van der Waals surface area contributed by atoms with Crippen LogP contribution in [0.5, 0.6) is 0 Å². The highest BCUT2D eigenvalue weighted by molar-refractivity contribution is 9.09. The van der Waals surface area contributed by atoms with Gasteiger partial charge in [0.15, 0.2) is 0 Å². The van der Waals surface area contributed by atoms with Crippen LogP contribution in [-0.2, 0) is 12.7 Å². The molecule has 0 fully saturated rings. The van der Waals surface area contributed by atoms with Gasteiger partial charge in [0, 0.05) is 36.2 Å². The van der Waals surface area contributed by atoms with Crippen LogP contribution in [0.25, 0.3) is 0 Å². The minimum absolute atomic E-state index is 0.0263. The normalized spacial score (nSPS) is 11.7. The SMILES string of the molecule is O=c1cc(C(F)(F)F)cc(CN(CCBr)Sc2ccccc2[N+](=O)[O-])[nH]1. The number of aromatic nitrogens is 1. The molecule has 1 aromatic carbocycles. The minimum atomic E-state index is -4.63. The fraction of sp³-hybridized carbons (Fsp3) is 0.267. The molecule has 0 amide bonds. The maximum atomic E-state index is 12.9. The van der Waals surface area contributed by atoms with E-state index in [4.69, 9.17) is 0 Å². The maximum Gasteiger partial charge on any atom is 0.416 e. The van der Waals surface area contributed by atoms with E-state index in [9.17, 15) is 28.1 Å². The number of pyridine rings is 1. The third-order valence-electron chi connectivity index (χ3n) is 3.20. The molecule has 1 aromatic heterocycles. The van der Waals surface area contributed by atoms with Gasteiger partial charge in [-0.1, -0.05) is 28.1 Å². The van der Waals surface area contributed by atoms with E-state index in [1.165, 1.54) is 12.1 Å². The van der Waals surface area contributed by atoms with Crippen LogP contribution in [0.3, 0.4) is 0 Å². The first-order valence-electron chi connectivity index (χ1n) is 7.23. The summed E-state index contributed by atoms with van der Waals surface area (Å²) >= 11 is 4.28. The van der Waals surface area contributed by atoms with Crippen molar-refractivity contribution in [2.45, 2.75) is 17.6 Å². The fourth-order valence-corrected chi connectivity index (χ4v) is 3.82. The summed E-state index contributed by atoms with van der Waals surface area (Å²) in [7, 11) is 0. The molecule has 0 atom stereocenters. The molecular formula is C15H13BrF3N3O3S. The number of alkyl halides is 4. The Balaban J connectivity index is 2.28. The number of benzene rings is 1. The number of hydrogen-bond donors (Lipinski definition) is 1. The number of para-hydroxylation sites is 1. The van der Waals surface area contributed by atoms with Gasteiger partial charge >= 0.3 is 6.18 Å². The summed E-state index contributed by atoms with van der Waals surface area (Å²) in [6.07, 6.45) is -4.63. The van der Waals surface area contributed by atoms with E-state index in [-0.39, 0.29) is 17.9 Å². The Kier molecular flexibility index (Phi) is 6.84. The van der Waals surface area contributed by atoms with Crippen LogP contribution >= 0.6 is 27.9 Å². The van der Waals surface area contributed by atoms with Gasteiger partial charge in [-0.25, -0.2) is 4.31 Å². The van der Waals surface area contributed by atoms with Crippen molar-refractivity contribution in [2.24, 2.45) is 0 Å². The lowest BCUT2D eigenvalue weighted by Crippen LogP contribution is -2.22. The Labute approximate surface area is 158 Å². The Bertz CT molecular complexity index is 845. The molecule has 0 unspecified atom stereocenters. The van der Waals surface area contributed by atoms with Crippen molar-refractivity contribution in [1.29, 1.82) is 0 Å². The molecule has 2 rings (SSSR count). The van der Waals surface area contributed by atoms with E-state index in [0.29, 0.717) is 22.8 Å². The molecule has 0 radical (unpaired) electrons. The largest absolute Gasteiger partial charge is 0.416 e. The Morgan fingerprint density at radius 3 is 2.58 bits per heavy atom. The van der Waals surface area contributed by atoms with Crippen molar-refractivity contribution in [2.75, 3.05) is 11.9 Å². The summed E-state index contributed by atoms with van der Waals surface area (Å²) in [5.41, 5.74) is -1.93. The quantitative estimate of drug-likeness (QED) is 0.295. The molecule has 140 valence electrons. The number of nitrogens with one attached hydrogen (secondary N) is 1. The molecule has 0 bridgehead atoms. The number of nitro benzene ring substituents is 1. The lowest BCUT2D eigenvalue weighted by atomic mass is 10.2. The van der Waals surface area contributed by atoms with Crippen molar-refractivity contribution in [3.63, 3.8) is 0 Å². The van der Waals surface area contributed by atoms with Crippen molar-refractivity contribution < 1.29 is 18.1 Å². The lowest BCUT2D eigenvalue weighted by Gasteiger charge is -2.20. The average Bonchev–Trinajstić information content (AvgIpc) is 2.54. The smallest absolute Gasteiger partial charge is 0.325 e. The van der Waals surface area contributed by atoms with Gasteiger partial charge in [-0.05, 0) is 24.1 Å². The molecule has 2 aromatic rings. The van der Waals surface area contributed by atoms with Crippen molar-refractivity contribution >= 4 is 33.6 Å². The first-order valence-corrected chi connectivity index (χ1v) is 9.13. The van der Waals surface area contributed by atoms with Crippen LogP contribution in [0.4, 0.5) is 18.9 Å². The molecule has 1 heterocycles. The maximum absolute atomic E-state index is 12.9. The topological polar surface area (TPSA) is 79.2 Å². The molecule has 0 saturated heterocycles. The number of nitro groups is 1. The molecule has 26 heavy (non-hydrogen) atoms. The monoisotopic (exact) mass is 451 g/mol. The highest BCUT2D eigenvalue weighted by Gasteiger charge is 2.31. The van der Waals surface area contributed by atoms with Gasteiger partial charge in [0.1, 0.15) is 4.90 Å². The molecule has 0 aliphatic rings. The van der Waals surface area contributed by atoms with Gasteiger partial charge in [-0.3, -0.25) is 14.9 Å². The number of aromatic amines is 1. The average molecular weight is 452 g/mol. The van der Waals surface area contributed by atoms with Crippen LogP contribution in [0.2, 0.25) is 0 Å². The number of nitrogens with zero attached hydrogens (tertiary/aromatic N) is 2. The number of halogens is 4. The second kappa shape index (κ2) is 8.69. The first kappa shape index (κ1) is 20.5. The zero-order valence-corrected chi connectivity index (χ0v) is 15.5. The van der Waals surface area contributed by atoms with Crippen LogP contribution in [0.15, 0.2) is 46.1 Å². The lowest BCUT2D eigenvalue weighted by molar-refractivity contribution is -0.387. The molecular weight excluding hydrogens is 439 g/mol. The van der Waals surface area contributed by atoms with Gasteiger partial charge in [-0.2, -0.15) is 13.2 Å². The van der Waals surface area contributed by atoms with E-state index in [1.807, 2.05) is 0 Å². The molecule has 11 heteroatoms. The third-order valence-corrected chi connectivity index (χ3v) is 4.66. The second-order valence-corrected chi connectivity index (χ2v) is 7.06. The minimum Gasteiger partial charge on any atom is -0.325 e. The van der Waals surface area contributed by atoms with Gasteiger partial charge in [0.05, 0.1) is 10.5 Å². The highest BCUT2D eigenvalue weighted by atomic mass is 79.9. The summed E-state index contributed by atoms with van der Waals surface area (Å²) in [6, 6.07) is 7.42. The fourth-order valence-electron chi connectivity index (χ4n) is 2.12. The summed E-state index contributed by atoms with van der Waals surface area (Å²) in [5.74, 6) is 0. The number of rotatable bonds is 7. The summed E-state index contributed by atoms with van der Waals surface area (Å²) in [6.45, 7) is 0.358. The third kappa shape index (κ3) is 5.58. The van der Waals surface area contributed by atoms with Gasteiger partial charge in [-0.15, -0.1) is 0 Å². The van der Waals surface area contributed by atoms with Crippen LogP contribution < -0.4 is 5.56 Å². The highest BCUT2D eigenvalue weighted by Crippen LogP contribution is 2.33. The van der Waals surface area contributed by atoms with E-state index in [0.717, 1.165) is 18.0 Å². The summed E-state index contributed by atoms with van der Waals surface area (Å²) in [5, 5.41) is 11.6. The number of hydrogen-bond acceptors (Lipinski definition) is 5. The molecule has 0 aliphatic heterocycles. The van der Waals surface area contributed by atoms with Crippen molar-refractivity contribution in [1.82, 2.24) is 9.29 Å². The standard InChI is InChI=1S/C15H13BrF3N3O3S/c16-5-6-21(26-13-4-2-1-3-12(13)22(24)25)9-11-7-10(15(17,18)19)8-14(23)20-11/h1-4,7-8H,5-6,9H2,(H,20,23). The van der Waals surface area contributed by atoms with E-state index < -0.39 is 22.2 Å². The van der Waals surface area contributed by atoms with Crippen LogP contribution in [-0.4, -0.2) is 26.1 Å². The zero-order chi connectivity index (χ0) is 19.3. The Morgan fingerprint density at radius 1 is 1.27 bits per heavy atom. The molecule has 0 spiro atoms. The second-order valence-electron chi connectivity index (χ2n) is 5.12. The summed E-state index contributed by atoms with van der Waals surface area (Å²) in [4.78, 5) is 24.8. The van der Waals surface area contributed by atoms with Gasteiger partial charge in [0.2, 0.25) is 5.56 Å². The predicted molar refractivity (Wildman–Crippen MR) is 95.2 cm³/mol. The summed E-state index contributed by atoms with van der Waals surface area (Å²) < 4.78 is 40.2. The van der Waals surface area contributed by atoms with Crippen LogP contribution in [0, 0.1) is 10.1 Å². The first-order chi connectivity index (χ1) is 12.2. The van der Waals surface area contributed by atoms with Gasteiger partial charge in [0.25, 0.3) is 5.69 Å². The zero-order valence-electron chi connectivity index (χ0n) is 13.1. The number of H-pyrrole nitrogens is 1. The van der Waals surface area contributed by atoms with E-state index in [1.54, 1.807) is 16.4 Å². The Morgan fingerprint density at radius 2 is 1.96 bits per heavy atom. The molecule has 6 nitrogen and oxygen atoms in total. The molecule has 1 N–H and O–H groups in total. The predicted octanol–water partition coefficient (Wildman–Crippen LogP) is 4.21. The van der Waals surface area contributed by atoms with E-state index >= 15 is 0 Å². The Hall–Kier alpha value is -1.85. The molecule has 0 saturated carbocycles. The van der Waals surface area contributed by atoms with E-state index in [2.05, 4.69) is 20.9 Å². The van der Waals surface area contributed by atoms with Crippen LogP contribution in [0.1, 0.15) is 11.3 Å². The van der Waals surface area contributed by atoms with Crippen molar-refractivity contribution in [3.05, 3.63) is 68.1 Å². The van der Waals surface area contributed by atoms with Gasteiger partial charge < -0.3 is 4.98 Å². The molecule has 0 aliphatic carbocycles. The van der Waals surface area contributed by atoms with Crippen molar-refractivity contribution in [3.8, 4) is 0 Å².